The number of nitrogens with zero attached hydrogens (tertiary/aromatic N) is 1. The van der Waals surface area contributed by atoms with E-state index in [1.165, 1.54) is 56.0 Å². The summed E-state index contributed by atoms with van der Waals surface area (Å²) in [5.74, 6) is 0. The molecule has 0 atom stereocenters. The van der Waals surface area contributed by atoms with Crippen LogP contribution in [0, 0.1) is 20.8 Å². The second-order valence-electron chi connectivity index (χ2n) is 8.16. The van der Waals surface area contributed by atoms with E-state index in [9.17, 15) is 0 Å². The molecule has 0 heterocycles. The summed E-state index contributed by atoms with van der Waals surface area (Å²) in [5, 5.41) is 0. The first-order valence-electron chi connectivity index (χ1n) is 10.3. The van der Waals surface area contributed by atoms with Gasteiger partial charge in [-0.2, -0.15) is 0 Å². The predicted octanol–water partition coefficient (Wildman–Crippen LogP) is 7.65. The Kier molecular flexibility index (Phi) is 4.24. The molecular formula is C28H25N. The largest absolute Gasteiger partial charge is 0.310 e. The molecule has 0 unspecified atom stereocenters. The van der Waals surface area contributed by atoms with Crippen molar-refractivity contribution in [3.05, 3.63) is 113 Å². The highest BCUT2D eigenvalue weighted by molar-refractivity contribution is 5.93. The van der Waals surface area contributed by atoms with Gasteiger partial charge in [0.15, 0.2) is 0 Å². The van der Waals surface area contributed by atoms with E-state index in [0.29, 0.717) is 0 Å². The van der Waals surface area contributed by atoms with Crippen molar-refractivity contribution in [2.75, 3.05) is 4.90 Å². The quantitative estimate of drug-likeness (QED) is 0.313. The molecule has 0 saturated carbocycles. The van der Waals surface area contributed by atoms with Crippen molar-refractivity contribution in [3.63, 3.8) is 0 Å². The van der Waals surface area contributed by atoms with E-state index in [-0.39, 0.29) is 0 Å². The molecule has 4 aromatic carbocycles. The number of rotatable bonds is 3. The molecule has 29 heavy (non-hydrogen) atoms. The molecule has 1 aliphatic rings. The smallest absolute Gasteiger partial charge is 0.0543 e. The average Bonchev–Trinajstić information content (AvgIpc) is 3.09. The molecule has 0 N–H and O–H groups in total. The van der Waals surface area contributed by atoms with Gasteiger partial charge >= 0.3 is 0 Å². The summed E-state index contributed by atoms with van der Waals surface area (Å²) in [5.41, 5.74) is 13.1. The lowest BCUT2D eigenvalue weighted by Gasteiger charge is -2.28. The Morgan fingerprint density at radius 1 is 0.586 bits per heavy atom. The molecule has 142 valence electrons. The molecule has 1 heteroatoms. The lowest BCUT2D eigenvalue weighted by Crippen LogP contribution is -2.11. The standard InChI is InChI=1S/C28H25N/c1-19-7-12-24(13-8-19)29(25-14-9-20(2)10-15-25)27-6-4-5-22-18-23-17-21(3)11-16-26(23)28(22)27/h4-17H,18H2,1-3H3. The maximum absolute atomic E-state index is 2.40. The molecule has 5 rings (SSSR count). The van der Waals surface area contributed by atoms with Gasteiger partial charge in [0.2, 0.25) is 0 Å². The molecule has 0 aromatic heterocycles. The normalized spacial score (nSPS) is 11.8. The summed E-state index contributed by atoms with van der Waals surface area (Å²) in [4.78, 5) is 2.40. The van der Waals surface area contributed by atoms with Gasteiger partial charge in [0.05, 0.1) is 5.69 Å². The molecule has 0 fully saturated rings. The minimum absolute atomic E-state index is 1.01. The Balaban J connectivity index is 1.74. The maximum Gasteiger partial charge on any atom is 0.0543 e. The third kappa shape index (κ3) is 3.13. The monoisotopic (exact) mass is 375 g/mol. The van der Waals surface area contributed by atoms with Crippen LogP contribution < -0.4 is 4.90 Å². The summed E-state index contributed by atoms with van der Waals surface area (Å²) in [6.07, 6.45) is 1.01. The maximum atomic E-state index is 2.40. The molecule has 0 bridgehead atoms. The van der Waals surface area contributed by atoms with Gasteiger partial charge in [-0.3, -0.25) is 0 Å². The SMILES string of the molecule is Cc1ccc(N(c2ccc(C)cc2)c2cccc3c2-c2ccc(C)cc2C3)cc1. The Labute approximate surface area is 173 Å². The van der Waals surface area contributed by atoms with E-state index < -0.39 is 0 Å². The Hall–Kier alpha value is -3.32. The van der Waals surface area contributed by atoms with Gasteiger partial charge in [-0.15, -0.1) is 0 Å². The molecular weight excluding hydrogens is 350 g/mol. The van der Waals surface area contributed by atoms with Gasteiger partial charge in [-0.25, -0.2) is 0 Å². The van der Waals surface area contributed by atoms with Crippen LogP contribution in [-0.4, -0.2) is 0 Å². The van der Waals surface area contributed by atoms with Crippen molar-refractivity contribution in [1.29, 1.82) is 0 Å². The van der Waals surface area contributed by atoms with Crippen LogP contribution in [0.4, 0.5) is 17.1 Å². The molecule has 0 spiro atoms. The number of aryl methyl sites for hydroxylation is 3. The summed E-state index contributed by atoms with van der Waals surface area (Å²) in [6, 6.07) is 31.2. The van der Waals surface area contributed by atoms with E-state index >= 15 is 0 Å². The molecule has 0 amide bonds. The van der Waals surface area contributed by atoms with Crippen LogP contribution >= 0.6 is 0 Å². The predicted molar refractivity (Wildman–Crippen MR) is 124 cm³/mol. The van der Waals surface area contributed by atoms with Crippen molar-refractivity contribution in [3.8, 4) is 11.1 Å². The lowest BCUT2D eigenvalue weighted by atomic mass is 10.0. The average molecular weight is 376 g/mol. The minimum atomic E-state index is 1.01. The van der Waals surface area contributed by atoms with E-state index in [1.807, 2.05) is 0 Å². The van der Waals surface area contributed by atoms with Gasteiger partial charge < -0.3 is 4.90 Å². The third-order valence-corrected chi connectivity index (χ3v) is 5.86. The van der Waals surface area contributed by atoms with Crippen LogP contribution in [-0.2, 0) is 6.42 Å². The van der Waals surface area contributed by atoms with E-state index in [1.54, 1.807) is 0 Å². The lowest BCUT2D eigenvalue weighted by molar-refractivity contribution is 1.23. The summed E-state index contributed by atoms with van der Waals surface area (Å²) in [6.45, 7) is 6.45. The number of benzene rings is 4. The van der Waals surface area contributed by atoms with Crippen molar-refractivity contribution in [1.82, 2.24) is 0 Å². The second-order valence-corrected chi connectivity index (χ2v) is 8.16. The number of fused-ring (bicyclic) bond motifs is 3. The van der Waals surface area contributed by atoms with Crippen LogP contribution in [0.1, 0.15) is 27.8 Å². The Morgan fingerprint density at radius 3 is 1.79 bits per heavy atom. The first-order chi connectivity index (χ1) is 14.1. The second kappa shape index (κ2) is 6.93. The fourth-order valence-electron chi connectivity index (χ4n) is 4.36. The highest BCUT2D eigenvalue weighted by Crippen LogP contribution is 2.47. The Bertz CT molecular complexity index is 1140. The molecule has 0 radical (unpaired) electrons. The summed E-state index contributed by atoms with van der Waals surface area (Å²) < 4.78 is 0. The van der Waals surface area contributed by atoms with Crippen molar-refractivity contribution < 1.29 is 0 Å². The van der Waals surface area contributed by atoms with Crippen molar-refractivity contribution in [2.24, 2.45) is 0 Å². The molecule has 0 saturated heterocycles. The highest BCUT2D eigenvalue weighted by Gasteiger charge is 2.25. The van der Waals surface area contributed by atoms with Crippen LogP contribution in [0.25, 0.3) is 11.1 Å². The van der Waals surface area contributed by atoms with E-state index in [4.69, 9.17) is 0 Å². The van der Waals surface area contributed by atoms with Crippen molar-refractivity contribution >= 4 is 17.1 Å². The first-order valence-corrected chi connectivity index (χ1v) is 10.3. The number of hydrogen-bond donors (Lipinski definition) is 0. The highest BCUT2D eigenvalue weighted by atomic mass is 15.1. The molecule has 1 nitrogen and oxygen atoms in total. The van der Waals surface area contributed by atoms with E-state index in [2.05, 4.69) is 111 Å². The van der Waals surface area contributed by atoms with Crippen LogP contribution in [0.3, 0.4) is 0 Å². The molecule has 4 aromatic rings. The zero-order chi connectivity index (χ0) is 20.0. The molecule has 0 aliphatic heterocycles. The fourth-order valence-corrected chi connectivity index (χ4v) is 4.36. The fraction of sp³-hybridized carbons (Fsp3) is 0.143. The number of hydrogen-bond acceptors (Lipinski definition) is 1. The van der Waals surface area contributed by atoms with Crippen LogP contribution in [0.15, 0.2) is 84.9 Å². The van der Waals surface area contributed by atoms with Gasteiger partial charge in [0.1, 0.15) is 0 Å². The van der Waals surface area contributed by atoms with Gasteiger partial charge in [-0.1, -0.05) is 71.3 Å². The van der Waals surface area contributed by atoms with Crippen LogP contribution in [0.2, 0.25) is 0 Å². The summed E-state index contributed by atoms with van der Waals surface area (Å²) >= 11 is 0. The minimum Gasteiger partial charge on any atom is -0.310 e. The first kappa shape index (κ1) is 17.8. The van der Waals surface area contributed by atoms with Gasteiger partial charge in [-0.05, 0) is 74.2 Å². The third-order valence-electron chi connectivity index (χ3n) is 5.86. The summed E-state index contributed by atoms with van der Waals surface area (Å²) in [7, 11) is 0. The zero-order valence-electron chi connectivity index (χ0n) is 17.2. The van der Waals surface area contributed by atoms with E-state index in [0.717, 1.165) is 6.42 Å². The van der Waals surface area contributed by atoms with Gasteiger partial charge in [0, 0.05) is 16.9 Å². The van der Waals surface area contributed by atoms with Gasteiger partial charge in [0.25, 0.3) is 0 Å². The zero-order valence-corrected chi connectivity index (χ0v) is 17.2. The topological polar surface area (TPSA) is 3.24 Å². The number of anilines is 3. The van der Waals surface area contributed by atoms with Crippen LogP contribution in [0.5, 0.6) is 0 Å². The Morgan fingerprint density at radius 2 is 1.17 bits per heavy atom. The molecule has 1 aliphatic carbocycles. The van der Waals surface area contributed by atoms with Crippen molar-refractivity contribution in [2.45, 2.75) is 27.2 Å².